The second kappa shape index (κ2) is 10.6. The van der Waals surface area contributed by atoms with Crippen LogP contribution in [0.1, 0.15) is 22.8 Å². The van der Waals surface area contributed by atoms with E-state index in [2.05, 4.69) is 15.5 Å². The summed E-state index contributed by atoms with van der Waals surface area (Å²) in [5.74, 6) is -0.348. The molecule has 0 aliphatic rings. The molecule has 0 saturated heterocycles. The lowest BCUT2D eigenvalue weighted by atomic mass is 10.0. The number of nitrogens with zero attached hydrogens (tertiary/aromatic N) is 2. The molecular weight excluding hydrogens is 518 g/mol. The highest BCUT2D eigenvalue weighted by Gasteiger charge is 2.22. The van der Waals surface area contributed by atoms with Crippen molar-refractivity contribution in [1.82, 2.24) is 0 Å². The fourth-order valence-corrected chi connectivity index (χ4v) is 5.08. The number of anilines is 1. The van der Waals surface area contributed by atoms with Gasteiger partial charge >= 0.3 is 0 Å². The summed E-state index contributed by atoms with van der Waals surface area (Å²) in [6.07, 6.45) is 0. The van der Waals surface area contributed by atoms with Crippen LogP contribution in [-0.4, -0.2) is 30.6 Å². The van der Waals surface area contributed by atoms with Crippen molar-refractivity contribution in [2.75, 3.05) is 11.9 Å². The van der Waals surface area contributed by atoms with Gasteiger partial charge in [0.05, 0.1) is 17.2 Å². The Morgan fingerprint density at radius 1 is 1.05 bits per heavy atom. The number of benzene rings is 4. The molecule has 9 nitrogen and oxygen atoms in total. The molecule has 4 rings (SSSR count). The number of azo groups is 1. The fraction of sp³-hybridized carbons (Fsp3) is 0.115. The van der Waals surface area contributed by atoms with Crippen LogP contribution in [0.15, 0.2) is 81.9 Å². The number of aromatic hydroxyl groups is 1. The number of amides is 1. The van der Waals surface area contributed by atoms with Crippen LogP contribution in [0.4, 0.5) is 17.1 Å². The largest absolute Gasteiger partial charge is 0.505 e. The van der Waals surface area contributed by atoms with Crippen molar-refractivity contribution in [3.63, 3.8) is 0 Å². The van der Waals surface area contributed by atoms with Crippen molar-refractivity contribution in [2.45, 2.75) is 18.7 Å². The molecule has 0 saturated carbocycles. The first-order valence-corrected chi connectivity index (χ1v) is 12.9. The van der Waals surface area contributed by atoms with Crippen molar-refractivity contribution in [1.29, 1.82) is 0 Å². The number of hydrogen-bond donors (Lipinski definition) is 3. The van der Waals surface area contributed by atoms with Crippen LogP contribution in [0.3, 0.4) is 0 Å². The Morgan fingerprint density at radius 2 is 1.76 bits per heavy atom. The molecule has 0 aliphatic carbocycles. The van der Waals surface area contributed by atoms with E-state index in [1.807, 2.05) is 6.92 Å². The minimum Gasteiger partial charge on any atom is -0.505 e. The average molecular weight is 540 g/mol. The third kappa shape index (κ3) is 5.56. The minimum atomic E-state index is -4.61. The maximum absolute atomic E-state index is 13.1. The lowest BCUT2D eigenvalue weighted by molar-refractivity contribution is 0.102. The molecule has 37 heavy (non-hydrogen) atoms. The average Bonchev–Trinajstić information content (AvgIpc) is 2.84. The number of phenolic OH excluding ortho intramolecular Hbond substituents is 1. The summed E-state index contributed by atoms with van der Waals surface area (Å²) >= 11 is 6.20. The molecule has 0 aliphatic heterocycles. The van der Waals surface area contributed by atoms with Crippen LogP contribution >= 0.6 is 11.6 Å². The Labute approximate surface area is 218 Å². The van der Waals surface area contributed by atoms with Gasteiger partial charge in [-0.1, -0.05) is 41.9 Å². The molecule has 0 fully saturated rings. The molecule has 0 atom stereocenters. The quantitative estimate of drug-likeness (QED) is 0.174. The number of phenols is 1. The predicted octanol–water partition coefficient (Wildman–Crippen LogP) is 6.82. The van der Waals surface area contributed by atoms with E-state index < -0.39 is 26.7 Å². The molecule has 0 heterocycles. The van der Waals surface area contributed by atoms with Gasteiger partial charge in [0, 0.05) is 11.1 Å². The first kappa shape index (κ1) is 26.1. The molecule has 3 N–H and O–H groups in total. The third-order valence-corrected chi connectivity index (χ3v) is 6.99. The Balaban J connectivity index is 1.76. The van der Waals surface area contributed by atoms with E-state index in [9.17, 15) is 22.9 Å². The van der Waals surface area contributed by atoms with Gasteiger partial charge in [0.15, 0.2) is 5.75 Å². The molecule has 4 aromatic rings. The highest BCUT2D eigenvalue weighted by atomic mass is 35.5. The molecule has 0 spiro atoms. The number of fused-ring (bicyclic) bond motifs is 1. The van der Waals surface area contributed by atoms with Gasteiger partial charge < -0.3 is 15.2 Å². The van der Waals surface area contributed by atoms with Gasteiger partial charge in [-0.25, -0.2) is 0 Å². The zero-order valence-corrected chi connectivity index (χ0v) is 21.3. The molecule has 0 bridgehead atoms. The van der Waals surface area contributed by atoms with Crippen molar-refractivity contribution in [2.24, 2.45) is 10.2 Å². The first-order valence-electron chi connectivity index (χ1n) is 11.1. The Morgan fingerprint density at radius 3 is 2.43 bits per heavy atom. The van der Waals surface area contributed by atoms with Gasteiger partial charge in [-0.05, 0) is 61.2 Å². The number of carbonyl (C=O) groups excluding carboxylic acids is 1. The van der Waals surface area contributed by atoms with Crippen LogP contribution in [0, 0.1) is 6.92 Å². The maximum atomic E-state index is 13.1. The molecule has 0 aromatic heterocycles. The van der Waals surface area contributed by atoms with E-state index in [0.717, 1.165) is 0 Å². The number of aryl methyl sites for hydroxylation is 1. The van der Waals surface area contributed by atoms with Gasteiger partial charge in [-0.3, -0.25) is 9.35 Å². The predicted molar refractivity (Wildman–Crippen MR) is 141 cm³/mol. The monoisotopic (exact) mass is 539 g/mol. The summed E-state index contributed by atoms with van der Waals surface area (Å²) in [4.78, 5) is 12.6. The molecule has 4 aromatic carbocycles. The highest BCUT2D eigenvalue weighted by Crippen LogP contribution is 2.41. The zero-order valence-electron chi connectivity index (χ0n) is 19.8. The van der Waals surface area contributed by atoms with Gasteiger partial charge in [-0.2, -0.15) is 8.42 Å². The molecular formula is C26H22ClN3O6S. The zero-order chi connectivity index (χ0) is 26.7. The van der Waals surface area contributed by atoms with E-state index in [-0.39, 0.29) is 27.5 Å². The Bertz CT molecular complexity index is 1640. The SMILES string of the molecule is CCOc1ccc(NC(=O)c2cc3ccccc3c(N=Nc3ccc(C)c(S(=O)(=O)O)c3Cl)c2O)cc1. The van der Waals surface area contributed by atoms with E-state index in [0.29, 0.717) is 28.8 Å². The molecule has 190 valence electrons. The van der Waals surface area contributed by atoms with Gasteiger partial charge in [0.2, 0.25) is 0 Å². The maximum Gasteiger partial charge on any atom is 0.296 e. The van der Waals surface area contributed by atoms with Crippen LogP contribution in [-0.2, 0) is 10.1 Å². The third-order valence-electron chi connectivity index (χ3n) is 5.45. The molecule has 0 unspecified atom stereocenters. The topological polar surface area (TPSA) is 138 Å². The minimum absolute atomic E-state index is 0.0139. The highest BCUT2D eigenvalue weighted by molar-refractivity contribution is 7.86. The summed E-state index contributed by atoms with van der Waals surface area (Å²) in [6, 6.07) is 18.1. The molecule has 1 amide bonds. The summed E-state index contributed by atoms with van der Waals surface area (Å²) < 4.78 is 38.5. The fourth-order valence-electron chi connectivity index (χ4n) is 3.73. The van der Waals surface area contributed by atoms with Crippen molar-refractivity contribution < 1.29 is 27.6 Å². The summed E-state index contributed by atoms with van der Waals surface area (Å²) in [5, 5.41) is 22.7. The number of hydrogen-bond acceptors (Lipinski definition) is 7. The van der Waals surface area contributed by atoms with Crippen LogP contribution in [0.5, 0.6) is 11.5 Å². The summed E-state index contributed by atoms with van der Waals surface area (Å²) in [5.41, 5.74) is 0.615. The normalized spacial score (nSPS) is 11.7. The number of nitrogens with one attached hydrogen (secondary N) is 1. The lowest BCUT2D eigenvalue weighted by Gasteiger charge is -2.12. The molecule has 11 heteroatoms. The Hall–Kier alpha value is -3.99. The summed E-state index contributed by atoms with van der Waals surface area (Å²) in [6.45, 7) is 3.86. The van der Waals surface area contributed by atoms with Crippen molar-refractivity contribution >= 4 is 55.5 Å². The Kier molecular flexibility index (Phi) is 7.44. The van der Waals surface area contributed by atoms with Crippen LogP contribution in [0.25, 0.3) is 10.8 Å². The number of halogens is 1. The van der Waals surface area contributed by atoms with Gasteiger partial charge in [0.1, 0.15) is 22.0 Å². The van der Waals surface area contributed by atoms with Gasteiger partial charge in [0.25, 0.3) is 16.0 Å². The van der Waals surface area contributed by atoms with E-state index in [4.69, 9.17) is 16.3 Å². The smallest absolute Gasteiger partial charge is 0.296 e. The number of ether oxygens (including phenoxy) is 1. The van der Waals surface area contributed by atoms with Crippen LogP contribution < -0.4 is 10.1 Å². The van der Waals surface area contributed by atoms with Crippen LogP contribution in [0.2, 0.25) is 5.02 Å². The molecule has 0 radical (unpaired) electrons. The van der Waals surface area contributed by atoms with Gasteiger partial charge in [-0.15, -0.1) is 10.2 Å². The number of carbonyl (C=O) groups is 1. The first-order chi connectivity index (χ1) is 17.6. The standard InChI is InChI=1S/C26H22ClN3O6S/c1-3-36-18-11-9-17(10-12-18)28-26(32)20-14-16-6-4-5-7-19(16)23(24(20)31)30-29-21-13-8-15(2)25(22(21)27)37(33,34)35/h4-14,31H,3H2,1-2H3,(H,28,32)(H,33,34,35). The second-order valence-electron chi connectivity index (χ2n) is 7.97. The second-order valence-corrected chi connectivity index (χ2v) is 9.71. The van der Waals surface area contributed by atoms with Crippen molar-refractivity contribution in [3.8, 4) is 11.5 Å². The van der Waals surface area contributed by atoms with E-state index in [1.165, 1.54) is 25.1 Å². The lowest BCUT2D eigenvalue weighted by Crippen LogP contribution is -2.12. The summed E-state index contributed by atoms with van der Waals surface area (Å²) in [7, 11) is -4.61. The van der Waals surface area contributed by atoms with E-state index >= 15 is 0 Å². The van der Waals surface area contributed by atoms with E-state index in [1.54, 1.807) is 48.5 Å². The van der Waals surface area contributed by atoms with Crippen molar-refractivity contribution in [3.05, 3.63) is 82.9 Å². The number of rotatable bonds is 7.